The van der Waals surface area contributed by atoms with E-state index >= 15 is 0 Å². The minimum absolute atomic E-state index is 0.0340. The lowest BCUT2D eigenvalue weighted by atomic mass is 10.2. The van der Waals surface area contributed by atoms with Gasteiger partial charge in [-0.3, -0.25) is 4.68 Å². The molecule has 1 rings (SSSR count). The van der Waals surface area contributed by atoms with Crippen LogP contribution in [0.25, 0.3) is 0 Å². The normalized spacial score (nSPS) is 10.9. The highest BCUT2D eigenvalue weighted by atomic mass is 16.5. The van der Waals surface area contributed by atoms with Crippen LogP contribution in [0.2, 0.25) is 0 Å². The van der Waals surface area contributed by atoms with Crippen LogP contribution >= 0.6 is 0 Å². The molecule has 14 heavy (non-hydrogen) atoms. The zero-order valence-electron chi connectivity index (χ0n) is 8.52. The van der Waals surface area contributed by atoms with Crippen LogP contribution in [0.3, 0.4) is 0 Å². The summed E-state index contributed by atoms with van der Waals surface area (Å²) in [5.74, 6) is -0.969. The summed E-state index contributed by atoms with van der Waals surface area (Å²) >= 11 is 0. The lowest BCUT2D eigenvalue weighted by Crippen LogP contribution is -2.13. The van der Waals surface area contributed by atoms with Crippen LogP contribution in [0.5, 0.6) is 0 Å². The Balaban J connectivity index is 3.13. The van der Waals surface area contributed by atoms with E-state index in [1.165, 1.54) is 18.0 Å². The van der Waals surface area contributed by atoms with Crippen LogP contribution in [0.15, 0.2) is 6.20 Å². The molecule has 0 radical (unpaired) electrons. The summed E-state index contributed by atoms with van der Waals surface area (Å²) in [6, 6.07) is 0.0340. The van der Waals surface area contributed by atoms with Crippen molar-refractivity contribution in [2.45, 2.75) is 26.5 Å². The Labute approximate surface area is 82.3 Å². The highest BCUT2D eigenvalue weighted by Gasteiger charge is 2.18. The second kappa shape index (κ2) is 4.23. The molecule has 5 nitrogen and oxygen atoms in total. The second-order valence-corrected chi connectivity index (χ2v) is 3.29. The van der Waals surface area contributed by atoms with Crippen molar-refractivity contribution >= 4 is 5.97 Å². The molecule has 5 heteroatoms. The standard InChI is InChI=1S/C9H14N2O3/c1-6(2)11-8(9(12)13)7(4-10-11)5-14-3/h4,6H,5H2,1-3H3,(H,12,13). The molecular weight excluding hydrogens is 184 g/mol. The average molecular weight is 198 g/mol. The number of rotatable bonds is 4. The van der Waals surface area contributed by atoms with Crippen LogP contribution in [0, 0.1) is 0 Å². The summed E-state index contributed by atoms with van der Waals surface area (Å²) in [7, 11) is 1.53. The van der Waals surface area contributed by atoms with E-state index in [9.17, 15) is 4.79 Å². The molecule has 0 atom stereocenters. The molecular formula is C9H14N2O3. The minimum Gasteiger partial charge on any atom is -0.477 e. The molecule has 0 fully saturated rings. The smallest absolute Gasteiger partial charge is 0.354 e. The quantitative estimate of drug-likeness (QED) is 0.792. The third-order valence-electron chi connectivity index (χ3n) is 1.86. The molecule has 0 bridgehead atoms. The van der Waals surface area contributed by atoms with Crippen molar-refractivity contribution in [1.29, 1.82) is 0 Å². The summed E-state index contributed by atoms with van der Waals surface area (Å²) in [4.78, 5) is 11.0. The van der Waals surface area contributed by atoms with E-state index in [4.69, 9.17) is 9.84 Å². The zero-order valence-corrected chi connectivity index (χ0v) is 8.52. The summed E-state index contributed by atoms with van der Waals surface area (Å²) < 4.78 is 6.38. The maximum absolute atomic E-state index is 11.0. The molecule has 78 valence electrons. The van der Waals surface area contributed by atoms with E-state index in [2.05, 4.69) is 5.10 Å². The van der Waals surface area contributed by atoms with Crippen LogP contribution in [-0.4, -0.2) is 28.0 Å². The third-order valence-corrected chi connectivity index (χ3v) is 1.86. The van der Waals surface area contributed by atoms with Gasteiger partial charge in [0.1, 0.15) is 0 Å². The second-order valence-electron chi connectivity index (χ2n) is 3.29. The molecule has 1 N–H and O–H groups in total. The van der Waals surface area contributed by atoms with Crippen LogP contribution < -0.4 is 0 Å². The molecule has 1 aromatic rings. The summed E-state index contributed by atoms with van der Waals surface area (Å²) in [5.41, 5.74) is 0.815. The van der Waals surface area contributed by atoms with Crippen molar-refractivity contribution in [1.82, 2.24) is 9.78 Å². The van der Waals surface area contributed by atoms with Gasteiger partial charge in [0.05, 0.1) is 12.8 Å². The third kappa shape index (κ3) is 1.93. The van der Waals surface area contributed by atoms with Gasteiger partial charge in [-0.25, -0.2) is 4.79 Å². The molecule has 0 aliphatic rings. The highest BCUT2D eigenvalue weighted by Crippen LogP contribution is 2.14. The van der Waals surface area contributed by atoms with Gasteiger partial charge in [0, 0.05) is 18.7 Å². The predicted molar refractivity (Wildman–Crippen MR) is 50.3 cm³/mol. The van der Waals surface area contributed by atoms with Crippen LogP contribution in [0.4, 0.5) is 0 Å². The summed E-state index contributed by atoms with van der Waals surface area (Å²) in [5, 5.41) is 13.0. The average Bonchev–Trinajstić information content (AvgIpc) is 2.48. The molecule has 0 saturated carbocycles. The molecule has 0 unspecified atom stereocenters. The molecule has 1 aromatic heterocycles. The van der Waals surface area contributed by atoms with Gasteiger partial charge in [0.25, 0.3) is 0 Å². The number of carboxylic acid groups (broad SMARTS) is 1. The van der Waals surface area contributed by atoms with Gasteiger partial charge in [-0.2, -0.15) is 5.10 Å². The first-order valence-corrected chi connectivity index (χ1v) is 4.36. The largest absolute Gasteiger partial charge is 0.477 e. The fourth-order valence-corrected chi connectivity index (χ4v) is 1.29. The van der Waals surface area contributed by atoms with Crippen molar-refractivity contribution in [3.8, 4) is 0 Å². The van der Waals surface area contributed by atoms with Crippen molar-refractivity contribution < 1.29 is 14.6 Å². The molecule has 0 aliphatic heterocycles. The van der Waals surface area contributed by atoms with Gasteiger partial charge in [0.15, 0.2) is 5.69 Å². The first-order valence-electron chi connectivity index (χ1n) is 4.36. The first kappa shape index (κ1) is 10.7. The lowest BCUT2D eigenvalue weighted by molar-refractivity contribution is 0.0676. The topological polar surface area (TPSA) is 64.4 Å². The summed E-state index contributed by atoms with van der Waals surface area (Å²) in [6.07, 6.45) is 1.53. The Hall–Kier alpha value is -1.36. The monoisotopic (exact) mass is 198 g/mol. The number of aromatic nitrogens is 2. The lowest BCUT2D eigenvalue weighted by Gasteiger charge is -2.08. The van der Waals surface area contributed by atoms with E-state index in [1.807, 2.05) is 13.8 Å². The highest BCUT2D eigenvalue weighted by molar-refractivity contribution is 5.87. The zero-order chi connectivity index (χ0) is 10.7. The molecule has 0 spiro atoms. The van der Waals surface area contributed by atoms with E-state index in [-0.39, 0.29) is 18.3 Å². The van der Waals surface area contributed by atoms with Crippen LogP contribution in [-0.2, 0) is 11.3 Å². The van der Waals surface area contributed by atoms with Gasteiger partial charge < -0.3 is 9.84 Å². The van der Waals surface area contributed by atoms with Gasteiger partial charge >= 0.3 is 5.97 Å². The minimum atomic E-state index is -0.969. The molecule has 0 aromatic carbocycles. The van der Waals surface area contributed by atoms with Crippen molar-refractivity contribution in [3.05, 3.63) is 17.5 Å². The maximum Gasteiger partial charge on any atom is 0.354 e. The number of hydrogen-bond acceptors (Lipinski definition) is 3. The number of methoxy groups -OCH3 is 1. The van der Waals surface area contributed by atoms with E-state index in [1.54, 1.807) is 0 Å². The summed E-state index contributed by atoms with van der Waals surface area (Å²) in [6.45, 7) is 4.04. The Bertz CT molecular complexity index is 331. The number of carboxylic acids is 1. The Kier molecular flexibility index (Phi) is 3.24. The number of aromatic carboxylic acids is 1. The molecule has 0 aliphatic carbocycles. The van der Waals surface area contributed by atoms with E-state index < -0.39 is 5.97 Å². The molecule has 1 heterocycles. The Morgan fingerprint density at radius 3 is 2.79 bits per heavy atom. The van der Waals surface area contributed by atoms with Gasteiger partial charge in [-0.1, -0.05) is 0 Å². The molecule has 0 saturated heterocycles. The van der Waals surface area contributed by atoms with E-state index in [0.717, 1.165) is 0 Å². The SMILES string of the molecule is COCc1cnn(C(C)C)c1C(=O)O. The van der Waals surface area contributed by atoms with Gasteiger partial charge in [-0.05, 0) is 13.8 Å². The van der Waals surface area contributed by atoms with E-state index in [0.29, 0.717) is 5.56 Å². The van der Waals surface area contributed by atoms with Gasteiger partial charge in [0.2, 0.25) is 0 Å². The van der Waals surface area contributed by atoms with Crippen molar-refractivity contribution in [3.63, 3.8) is 0 Å². The Morgan fingerprint density at radius 1 is 1.71 bits per heavy atom. The number of carbonyl (C=O) groups is 1. The van der Waals surface area contributed by atoms with Crippen molar-refractivity contribution in [2.24, 2.45) is 0 Å². The fourth-order valence-electron chi connectivity index (χ4n) is 1.29. The fraction of sp³-hybridized carbons (Fsp3) is 0.556. The number of nitrogens with zero attached hydrogens (tertiary/aromatic N) is 2. The maximum atomic E-state index is 11.0. The number of ether oxygens (including phenoxy) is 1. The van der Waals surface area contributed by atoms with Crippen molar-refractivity contribution in [2.75, 3.05) is 7.11 Å². The van der Waals surface area contributed by atoms with Gasteiger partial charge in [-0.15, -0.1) is 0 Å². The predicted octanol–water partition coefficient (Wildman–Crippen LogP) is 1.31. The first-order chi connectivity index (χ1) is 6.57. The molecule has 0 amide bonds. The Morgan fingerprint density at radius 2 is 2.36 bits per heavy atom. The number of hydrogen-bond donors (Lipinski definition) is 1. The van der Waals surface area contributed by atoms with Crippen LogP contribution in [0.1, 0.15) is 35.9 Å².